The number of aromatic nitrogens is 2. The molecule has 1 aromatic heterocycles. The Morgan fingerprint density at radius 1 is 1.61 bits per heavy atom. The number of nitrogens with zero attached hydrogens (tertiary/aromatic N) is 3. The summed E-state index contributed by atoms with van der Waals surface area (Å²) in [5.74, 6) is 1.12. The number of rotatable bonds is 5. The van der Waals surface area contributed by atoms with Gasteiger partial charge in [0.1, 0.15) is 5.82 Å². The van der Waals surface area contributed by atoms with E-state index in [4.69, 9.17) is 5.73 Å². The van der Waals surface area contributed by atoms with Gasteiger partial charge in [0.15, 0.2) is 0 Å². The molecule has 0 spiro atoms. The molecule has 6 nitrogen and oxygen atoms in total. The Morgan fingerprint density at radius 3 is 3.17 bits per heavy atom. The van der Waals surface area contributed by atoms with E-state index in [9.17, 15) is 4.79 Å². The number of hydrogen-bond acceptors (Lipinski definition) is 4. The highest BCUT2D eigenvalue weighted by atomic mass is 16.1. The van der Waals surface area contributed by atoms with Gasteiger partial charge in [-0.1, -0.05) is 0 Å². The highest BCUT2D eigenvalue weighted by molar-refractivity contribution is 5.76. The number of imidazole rings is 1. The van der Waals surface area contributed by atoms with Crippen molar-refractivity contribution in [3.05, 3.63) is 18.2 Å². The predicted octanol–water partition coefficient (Wildman–Crippen LogP) is -0.448. The Hall–Kier alpha value is -1.40. The van der Waals surface area contributed by atoms with Crippen LogP contribution in [0.4, 0.5) is 0 Å². The summed E-state index contributed by atoms with van der Waals surface area (Å²) in [5.41, 5.74) is 5.79. The minimum atomic E-state index is 0.0712. The zero-order chi connectivity index (χ0) is 13.0. The summed E-state index contributed by atoms with van der Waals surface area (Å²) in [6.07, 6.45) is 4.28. The lowest BCUT2D eigenvalue weighted by atomic mass is 10.1. The topological polar surface area (TPSA) is 76.2 Å². The maximum absolute atomic E-state index is 11.6. The summed E-state index contributed by atoms with van der Waals surface area (Å²) in [6.45, 7) is 5.70. The third-order valence-electron chi connectivity index (χ3n) is 3.36. The first kappa shape index (κ1) is 13.0. The van der Waals surface area contributed by atoms with Crippen LogP contribution in [0.15, 0.2) is 12.4 Å². The molecule has 6 heteroatoms. The van der Waals surface area contributed by atoms with E-state index in [1.54, 1.807) is 0 Å². The van der Waals surface area contributed by atoms with Crippen LogP contribution in [-0.2, 0) is 17.9 Å². The molecule has 1 aliphatic rings. The summed E-state index contributed by atoms with van der Waals surface area (Å²) < 4.78 is 2.15. The Bertz CT molecular complexity index is 403. The first-order valence-electron chi connectivity index (χ1n) is 6.45. The van der Waals surface area contributed by atoms with Crippen LogP contribution in [0.1, 0.15) is 19.2 Å². The molecule has 1 unspecified atom stereocenters. The van der Waals surface area contributed by atoms with Gasteiger partial charge >= 0.3 is 0 Å². The fourth-order valence-electron chi connectivity index (χ4n) is 2.35. The molecular weight excluding hydrogens is 230 g/mol. The number of hydrogen-bond donors (Lipinski definition) is 2. The van der Waals surface area contributed by atoms with Crippen molar-refractivity contribution in [2.45, 2.75) is 32.5 Å². The van der Waals surface area contributed by atoms with Gasteiger partial charge in [-0.2, -0.15) is 0 Å². The van der Waals surface area contributed by atoms with Gasteiger partial charge in [-0.25, -0.2) is 4.98 Å². The predicted molar refractivity (Wildman–Crippen MR) is 68.8 cm³/mol. The Morgan fingerprint density at radius 2 is 2.44 bits per heavy atom. The minimum Gasteiger partial charge on any atom is -0.356 e. The SMILES string of the molecule is CCNC(=O)CC(CN)N1CCn2ccnc2C1. The van der Waals surface area contributed by atoms with Gasteiger partial charge in [-0.05, 0) is 6.92 Å². The average molecular weight is 251 g/mol. The quantitative estimate of drug-likeness (QED) is 0.743. The van der Waals surface area contributed by atoms with Gasteiger partial charge in [0.2, 0.25) is 5.91 Å². The highest BCUT2D eigenvalue weighted by Gasteiger charge is 2.24. The van der Waals surface area contributed by atoms with E-state index in [1.807, 2.05) is 19.3 Å². The number of carbonyl (C=O) groups excluding carboxylic acids is 1. The van der Waals surface area contributed by atoms with E-state index in [2.05, 4.69) is 19.8 Å². The second-order valence-electron chi connectivity index (χ2n) is 4.55. The van der Waals surface area contributed by atoms with Crippen LogP contribution < -0.4 is 11.1 Å². The Labute approximate surface area is 107 Å². The van der Waals surface area contributed by atoms with Crippen molar-refractivity contribution in [1.29, 1.82) is 0 Å². The molecule has 3 N–H and O–H groups in total. The second-order valence-corrected chi connectivity index (χ2v) is 4.55. The van der Waals surface area contributed by atoms with E-state index < -0.39 is 0 Å². The van der Waals surface area contributed by atoms with Gasteiger partial charge in [-0.3, -0.25) is 9.69 Å². The lowest BCUT2D eigenvalue weighted by molar-refractivity contribution is -0.122. The molecule has 1 aromatic rings. The van der Waals surface area contributed by atoms with Crippen molar-refractivity contribution in [1.82, 2.24) is 19.8 Å². The molecule has 0 radical (unpaired) electrons. The number of carbonyl (C=O) groups is 1. The van der Waals surface area contributed by atoms with Gasteiger partial charge in [0.25, 0.3) is 0 Å². The van der Waals surface area contributed by atoms with Crippen LogP contribution in [-0.4, -0.2) is 46.0 Å². The lowest BCUT2D eigenvalue weighted by Crippen LogP contribution is -2.47. The van der Waals surface area contributed by atoms with E-state index in [1.165, 1.54) is 0 Å². The second kappa shape index (κ2) is 5.97. The van der Waals surface area contributed by atoms with E-state index in [0.29, 0.717) is 19.5 Å². The molecule has 0 bridgehead atoms. The molecule has 0 saturated heterocycles. The van der Waals surface area contributed by atoms with Crippen LogP contribution in [0.2, 0.25) is 0 Å². The maximum Gasteiger partial charge on any atom is 0.221 e. The Kier molecular flexibility index (Phi) is 4.33. The third-order valence-corrected chi connectivity index (χ3v) is 3.36. The molecule has 2 rings (SSSR count). The van der Waals surface area contributed by atoms with Crippen molar-refractivity contribution in [2.75, 3.05) is 19.6 Å². The molecule has 1 amide bonds. The van der Waals surface area contributed by atoms with Crippen LogP contribution in [0.5, 0.6) is 0 Å². The van der Waals surface area contributed by atoms with E-state index >= 15 is 0 Å². The molecule has 0 saturated carbocycles. The number of amides is 1. The van der Waals surface area contributed by atoms with Crippen LogP contribution in [0.3, 0.4) is 0 Å². The molecule has 1 atom stereocenters. The van der Waals surface area contributed by atoms with Crippen molar-refractivity contribution < 1.29 is 4.79 Å². The Balaban J connectivity index is 1.95. The van der Waals surface area contributed by atoms with Gasteiger partial charge in [0, 0.05) is 51.0 Å². The summed E-state index contributed by atoms with van der Waals surface area (Å²) in [7, 11) is 0. The average Bonchev–Trinajstić information content (AvgIpc) is 2.83. The minimum absolute atomic E-state index is 0.0712. The first-order chi connectivity index (χ1) is 8.74. The maximum atomic E-state index is 11.6. The zero-order valence-electron chi connectivity index (χ0n) is 10.8. The van der Waals surface area contributed by atoms with Gasteiger partial charge in [0.05, 0.1) is 6.54 Å². The molecule has 0 aliphatic carbocycles. The van der Waals surface area contributed by atoms with E-state index in [0.717, 1.165) is 25.5 Å². The number of nitrogens with two attached hydrogens (primary N) is 1. The molecule has 0 fully saturated rings. The molecular formula is C12H21N5O. The standard InChI is InChI=1S/C12H21N5O/c1-2-14-12(18)7-10(8-13)17-6-5-16-4-3-15-11(16)9-17/h3-4,10H,2,5-9,13H2,1H3,(H,14,18). The van der Waals surface area contributed by atoms with Gasteiger partial charge in [-0.15, -0.1) is 0 Å². The fourth-order valence-corrected chi connectivity index (χ4v) is 2.35. The highest BCUT2D eigenvalue weighted by Crippen LogP contribution is 2.14. The van der Waals surface area contributed by atoms with Crippen molar-refractivity contribution >= 4 is 5.91 Å². The van der Waals surface area contributed by atoms with Crippen molar-refractivity contribution in [3.8, 4) is 0 Å². The largest absolute Gasteiger partial charge is 0.356 e. The van der Waals surface area contributed by atoms with Crippen LogP contribution >= 0.6 is 0 Å². The lowest BCUT2D eigenvalue weighted by Gasteiger charge is -2.33. The zero-order valence-corrected chi connectivity index (χ0v) is 10.8. The molecule has 2 heterocycles. The normalized spacial score (nSPS) is 17.2. The summed E-state index contributed by atoms with van der Waals surface area (Å²) in [6, 6.07) is 0.0991. The first-order valence-corrected chi connectivity index (χ1v) is 6.45. The molecule has 0 aromatic carbocycles. The fraction of sp³-hybridized carbons (Fsp3) is 0.667. The smallest absolute Gasteiger partial charge is 0.221 e. The van der Waals surface area contributed by atoms with Crippen molar-refractivity contribution in [2.24, 2.45) is 5.73 Å². The summed E-state index contributed by atoms with van der Waals surface area (Å²) in [4.78, 5) is 18.2. The van der Waals surface area contributed by atoms with E-state index in [-0.39, 0.29) is 11.9 Å². The monoisotopic (exact) mass is 251 g/mol. The van der Waals surface area contributed by atoms with Gasteiger partial charge < -0.3 is 15.6 Å². The van der Waals surface area contributed by atoms with Crippen molar-refractivity contribution in [3.63, 3.8) is 0 Å². The summed E-state index contributed by atoms with van der Waals surface area (Å²) >= 11 is 0. The number of fused-ring (bicyclic) bond motifs is 1. The third kappa shape index (κ3) is 2.88. The van der Waals surface area contributed by atoms with Crippen LogP contribution in [0, 0.1) is 0 Å². The molecule has 100 valence electrons. The van der Waals surface area contributed by atoms with Crippen LogP contribution in [0.25, 0.3) is 0 Å². The molecule has 18 heavy (non-hydrogen) atoms. The number of nitrogens with one attached hydrogen (secondary N) is 1. The summed E-state index contributed by atoms with van der Waals surface area (Å²) in [5, 5.41) is 2.82. The molecule has 1 aliphatic heterocycles.